The van der Waals surface area contributed by atoms with Crippen LogP contribution in [0, 0.1) is 0 Å². The largest absolute Gasteiger partial charge is 0.378 e. The summed E-state index contributed by atoms with van der Waals surface area (Å²) in [6.07, 6.45) is 7.98. The van der Waals surface area contributed by atoms with Crippen molar-refractivity contribution in [2.24, 2.45) is 0 Å². The minimum absolute atomic E-state index is 0.219. The lowest BCUT2D eigenvalue weighted by Crippen LogP contribution is -2.32. The summed E-state index contributed by atoms with van der Waals surface area (Å²) in [6, 6.07) is 16.6. The van der Waals surface area contributed by atoms with Crippen molar-refractivity contribution in [2.45, 2.75) is 36.6 Å². The highest BCUT2D eigenvalue weighted by atomic mass is 32.2. The molecule has 0 bridgehead atoms. The molecule has 0 amide bonds. The SMILES string of the molecule is CCN1CCC(c2ccc(Nc3nc(-c4ccccc4S(C)(=O)=O)cc4c3C(C=O)NC=C4)cc2)CC1. The minimum atomic E-state index is -3.46. The van der Waals surface area contributed by atoms with Crippen LogP contribution in [-0.4, -0.2) is 50.5 Å². The molecule has 8 heteroatoms. The average molecular weight is 517 g/mol. The molecule has 1 fully saturated rings. The van der Waals surface area contributed by atoms with Crippen LogP contribution in [0.4, 0.5) is 11.5 Å². The van der Waals surface area contributed by atoms with Gasteiger partial charge in [-0.25, -0.2) is 13.4 Å². The van der Waals surface area contributed by atoms with Gasteiger partial charge in [-0.1, -0.05) is 37.3 Å². The number of hydrogen-bond donors (Lipinski definition) is 2. The second-order valence-electron chi connectivity index (χ2n) is 9.70. The third-order valence-corrected chi connectivity index (χ3v) is 8.47. The quantitative estimate of drug-likeness (QED) is 0.431. The van der Waals surface area contributed by atoms with Gasteiger partial charge in [0.1, 0.15) is 18.1 Å². The Morgan fingerprint density at radius 3 is 2.51 bits per heavy atom. The molecule has 2 aliphatic rings. The number of piperidine rings is 1. The van der Waals surface area contributed by atoms with Gasteiger partial charge in [0.2, 0.25) is 0 Å². The fourth-order valence-corrected chi connectivity index (χ4v) is 6.16. The zero-order chi connectivity index (χ0) is 26.0. The number of pyridine rings is 1. The molecule has 1 aromatic heterocycles. The van der Waals surface area contributed by atoms with E-state index in [1.54, 1.807) is 30.5 Å². The molecule has 0 saturated carbocycles. The Morgan fingerprint density at radius 2 is 1.84 bits per heavy atom. The standard InChI is InChI=1S/C29H32N4O3S/c1-3-33-16-13-21(14-17-33)20-8-10-23(11-9-20)31-29-28-22(12-15-30-26(28)19-34)18-25(32-29)24-6-4-5-7-27(24)37(2,35)36/h4-12,15,18-19,21,26,30H,3,13-14,16-17H2,1-2H3,(H,31,32). The number of nitrogens with zero attached hydrogens (tertiary/aromatic N) is 2. The number of benzene rings is 2. The highest BCUT2D eigenvalue weighted by Crippen LogP contribution is 2.36. The smallest absolute Gasteiger partial charge is 0.176 e. The molecule has 37 heavy (non-hydrogen) atoms. The van der Waals surface area contributed by atoms with Gasteiger partial charge in [0.25, 0.3) is 0 Å². The van der Waals surface area contributed by atoms with Crippen molar-refractivity contribution in [1.82, 2.24) is 15.2 Å². The van der Waals surface area contributed by atoms with E-state index in [1.807, 2.05) is 12.1 Å². The summed E-state index contributed by atoms with van der Waals surface area (Å²) in [6.45, 7) is 5.58. The lowest BCUT2D eigenvalue weighted by atomic mass is 9.89. The van der Waals surface area contributed by atoms with Gasteiger partial charge in [0.15, 0.2) is 9.84 Å². The summed E-state index contributed by atoms with van der Waals surface area (Å²) < 4.78 is 24.9. The molecule has 5 rings (SSSR count). The number of carbonyl (C=O) groups excluding carboxylic acids is 1. The zero-order valence-corrected chi connectivity index (χ0v) is 22.0. The Balaban J connectivity index is 1.51. The molecule has 2 aromatic carbocycles. The number of sulfone groups is 1. The molecule has 0 aliphatic carbocycles. The van der Waals surface area contributed by atoms with Crippen molar-refractivity contribution >= 4 is 33.7 Å². The molecule has 3 aromatic rings. The number of carbonyl (C=O) groups is 1. The Kier molecular flexibility index (Phi) is 7.13. The summed E-state index contributed by atoms with van der Waals surface area (Å²) >= 11 is 0. The van der Waals surface area contributed by atoms with Crippen molar-refractivity contribution in [3.05, 3.63) is 77.5 Å². The first kappa shape index (κ1) is 25.2. The van der Waals surface area contributed by atoms with Gasteiger partial charge in [-0.2, -0.15) is 0 Å². The average Bonchev–Trinajstić information content (AvgIpc) is 2.92. The maximum absolute atomic E-state index is 12.5. The third-order valence-electron chi connectivity index (χ3n) is 7.32. The fraction of sp³-hybridized carbons (Fsp3) is 0.310. The Hall–Kier alpha value is -3.49. The van der Waals surface area contributed by atoms with Crippen LogP contribution in [0.15, 0.2) is 65.7 Å². The van der Waals surface area contributed by atoms with Crippen molar-refractivity contribution in [3.8, 4) is 11.3 Å². The van der Waals surface area contributed by atoms with Crippen LogP contribution in [0.5, 0.6) is 0 Å². The fourth-order valence-electron chi connectivity index (χ4n) is 5.26. The lowest BCUT2D eigenvalue weighted by molar-refractivity contribution is -0.109. The Morgan fingerprint density at radius 1 is 1.11 bits per heavy atom. The van der Waals surface area contributed by atoms with Crippen molar-refractivity contribution in [3.63, 3.8) is 0 Å². The van der Waals surface area contributed by atoms with Crippen LogP contribution < -0.4 is 10.6 Å². The van der Waals surface area contributed by atoms with Crippen LogP contribution >= 0.6 is 0 Å². The van der Waals surface area contributed by atoms with Crippen LogP contribution in [0.25, 0.3) is 17.3 Å². The molecule has 1 unspecified atom stereocenters. The van der Waals surface area contributed by atoms with Gasteiger partial charge in [-0.3, -0.25) is 0 Å². The molecule has 1 saturated heterocycles. The topological polar surface area (TPSA) is 91.4 Å². The zero-order valence-electron chi connectivity index (χ0n) is 21.1. The minimum Gasteiger partial charge on any atom is -0.378 e. The molecule has 7 nitrogen and oxygen atoms in total. The molecule has 2 N–H and O–H groups in total. The summed E-state index contributed by atoms with van der Waals surface area (Å²) in [5, 5.41) is 6.49. The summed E-state index contributed by atoms with van der Waals surface area (Å²) in [7, 11) is -3.46. The number of aldehydes is 1. The number of anilines is 2. The van der Waals surface area contributed by atoms with E-state index in [9.17, 15) is 13.2 Å². The number of nitrogens with one attached hydrogen (secondary N) is 2. The number of fused-ring (bicyclic) bond motifs is 1. The Bertz CT molecular complexity index is 1430. The molecule has 192 valence electrons. The van der Waals surface area contributed by atoms with Crippen LogP contribution in [-0.2, 0) is 14.6 Å². The van der Waals surface area contributed by atoms with Gasteiger partial charge >= 0.3 is 0 Å². The molecule has 2 aliphatic heterocycles. The lowest BCUT2D eigenvalue weighted by Gasteiger charge is -2.31. The maximum Gasteiger partial charge on any atom is 0.176 e. The molecule has 3 heterocycles. The molecule has 0 radical (unpaired) electrons. The van der Waals surface area contributed by atoms with Gasteiger partial charge < -0.3 is 20.3 Å². The first-order valence-corrected chi connectivity index (χ1v) is 14.6. The monoisotopic (exact) mass is 516 g/mol. The van der Waals surface area contributed by atoms with E-state index < -0.39 is 15.9 Å². The highest BCUT2D eigenvalue weighted by molar-refractivity contribution is 7.90. The van der Waals surface area contributed by atoms with E-state index in [0.29, 0.717) is 23.0 Å². The van der Waals surface area contributed by atoms with Gasteiger partial charge in [0.05, 0.1) is 10.6 Å². The van der Waals surface area contributed by atoms with Gasteiger partial charge in [-0.15, -0.1) is 0 Å². The van der Waals surface area contributed by atoms with Crippen molar-refractivity contribution < 1.29 is 13.2 Å². The van der Waals surface area contributed by atoms with E-state index in [0.717, 1.165) is 55.6 Å². The van der Waals surface area contributed by atoms with Crippen molar-refractivity contribution in [2.75, 3.05) is 31.2 Å². The summed E-state index contributed by atoms with van der Waals surface area (Å²) in [5.41, 5.74) is 4.79. The normalized spacial score (nSPS) is 18.2. The molecule has 0 spiro atoms. The number of rotatable bonds is 7. The number of likely N-dealkylation sites (tertiary alicyclic amines) is 1. The van der Waals surface area contributed by atoms with E-state index in [-0.39, 0.29) is 4.90 Å². The van der Waals surface area contributed by atoms with Crippen LogP contribution in [0.3, 0.4) is 0 Å². The van der Waals surface area contributed by atoms with E-state index >= 15 is 0 Å². The van der Waals surface area contributed by atoms with Crippen LogP contribution in [0.1, 0.15) is 48.4 Å². The third kappa shape index (κ3) is 5.31. The first-order valence-electron chi connectivity index (χ1n) is 12.7. The van der Waals surface area contributed by atoms with Gasteiger partial charge in [-0.05, 0) is 86.1 Å². The summed E-state index contributed by atoms with van der Waals surface area (Å²) in [4.78, 5) is 19.4. The van der Waals surface area contributed by atoms with Gasteiger partial charge in [0, 0.05) is 23.1 Å². The number of hydrogen-bond acceptors (Lipinski definition) is 7. The van der Waals surface area contributed by atoms with Crippen LogP contribution in [0.2, 0.25) is 0 Å². The molecule has 1 atom stereocenters. The molecular formula is C29H32N4O3S. The summed E-state index contributed by atoms with van der Waals surface area (Å²) in [5.74, 6) is 1.08. The second-order valence-corrected chi connectivity index (χ2v) is 11.7. The predicted molar refractivity (Wildman–Crippen MR) is 148 cm³/mol. The maximum atomic E-state index is 12.5. The van der Waals surface area contributed by atoms with E-state index in [1.165, 1.54) is 11.8 Å². The molecular weight excluding hydrogens is 484 g/mol. The van der Waals surface area contributed by atoms with E-state index in [2.05, 4.69) is 46.7 Å². The van der Waals surface area contributed by atoms with E-state index in [4.69, 9.17) is 4.98 Å². The Labute approximate surface area is 218 Å². The number of aromatic nitrogens is 1. The highest BCUT2D eigenvalue weighted by Gasteiger charge is 2.25. The predicted octanol–water partition coefficient (Wildman–Crippen LogP) is 4.91. The second kappa shape index (κ2) is 10.5. The first-order chi connectivity index (χ1) is 17.9. The van der Waals surface area contributed by atoms with Crippen molar-refractivity contribution in [1.29, 1.82) is 0 Å².